The fourth-order valence-electron chi connectivity index (χ4n) is 1.67. The van der Waals surface area contributed by atoms with E-state index in [1.807, 2.05) is 0 Å². The number of halogens is 3. The Bertz CT molecular complexity index is 868. The highest BCUT2D eigenvalue weighted by atomic mass is 32.2. The van der Waals surface area contributed by atoms with Crippen LogP contribution in [0.1, 0.15) is 15.9 Å². The lowest BCUT2D eigenvalue weighted by Gasteiger charge is -2.13. The number of hydrogen-bond acceptors (Lipinski definition) is 6. The zero-order valence-electron chi connectivity index (χ0n) is 12.2. The van der Waals surface area contributed by atoms with E-state index in [1.165, 1.54) is 18.5 Å². The topological polar surface area (TPSA) is 103 Å². The van der Waals surface area contributed by atoms with E-state index >= 15 is 0 Å². The maximum absolute atomic E-state index is 12.4. The van der Waals surface area contributed by atoms with E-state index in [1.54, 1.807) is 12.1 Å². The summed E-state index contributed by atoms with van der Waals surface area (Å²) in [4.78, 5) is 14.8. The van der Waals surface area contributed by atoms with Crippen molar-refractivity contribution in [3.8, 4) is 11.5 Å². The third kappa shape index (κ3) is 4.59. The van der Waals surface area contributed by atoms with Gasteiger partial charge in [-0.05, 0) is 29.8 Å². The minimum Gasteiger partial charge on any atom is -0.487 e. The third-order valence-corrected chi connectivity index (χ3v) is 3.77. The van der Waals surface area contributed by atoms with Crippen molar-refractivity contribution in [2.45, 2.75) is 12.1 Å². The minimum absolute atomic E-state index is 0.173. The lowest BCUT2D eigenvalue weighted by atomic mass is 10.1. The molecule has 2 rings (SSSR count). The fourth-order valence-corrected chi connectivity index (χ4v) is 2.14. The van der Waals surface area contributed by atoms with E-state index in [4.69, 9.17) is 9.84 Å². The highest BCUT2D eigenvalue weighted by Crippen LogP contribution is 2.30. The number of aromatic nitrogens is 1. The molecule has 134 valence electrons. The molecule has 0 unspecified atom stereocenters. The number of hydrogen-bond donors (Lipinski definition) is 1. The summed E-state index contributed by atoms with van der Waals surface area (Å²) in [7, 11) is -6.00. The Morgan fingerprint density at radius 2 is 1.96 bits per heavy atom. The van der Waals surface area contributed by atoms with Crippen molar-refractivity contribution in [2.24, 2.45) is 0 Å². The van der Waals surface area contributed by atoms with Crippen molar-refractivity contribution in [2.75, 3.05) is 0 Å². The monoisotopic (exact) mass is 377 g/mol. The molecule has 7 nitrogen and oxygen atoms in total. The molecule has 11 heteroatoms. The molecule has 1 aromatic heterocycles. The Hall–Kier alpha value is -2.82. The maximum Gasteiger partial charge on any atom is 0.534 e. The predicted octanol–water partition coefficient (Wildman–Crippen LogP) is 2.59. The van der Waals surface area contributed by atoms with Gasteiger partial charge >= 0.3 is 21.6 Å². The molecule has 0 saturated carbocycles. The summed E-state index contributed by atoms with van der Waals surface area (Å²) in [5.74, 6) is -2.25. The van der Waals surface area contributed by atoms with Crippen molar-refractivity contribution >= 4 is 16.1 Å². The first-order valence-corrected chi connectivity index (χ1v) is 7.91. The third-order valence-electron chi connectivity index (χ3n) is 2.80. The van der Waals surface area contributed by atoms with Crippen molar-refractivity contribution in [3.05, 3.63) is 53.9 Å². The number of carboxylic acids is 1. The number of aromatic carboxylic acids is 1. The van der Waals surface area contributed by atoms with Crippen LogP contribution in [0.2, 0.25) is 0 Å². The average Bonchev–Trinajstić information content (AvgIpc) is 2.52. The lowest BCUT2D eigenvalue weighted by molar-refractivity contribution is -0.0500. The Labute approximate surface area is 139 Å². The van der Waals surface area contributed by atoms with Crippen LogP contribution in [0.4, 0.5) is 13.2 Å². The maximum atomic E-state index is 12.4. The first kappa shape index (κ1) is 18.5. The summed E-state index contributed by atoms with van der Waals surface area (Å²) in [5, 5.41) is 8.97. The highest BCUT2D eigenvalue weighted by molar-refractivity contribution is 7.88. The second-order valence-electron chi connectivity index (χ2n) is 4.60. The largest absolute Gasteiger partial charge is 0.534 e. The molecule has 0 aliphatic rings. The predicted molar refractivity (Wildman–Crippen MR) is 77.6 cm³/mol. The summed E-state index contributed by atoms with van der Waals surface area (Å²) < 4.78 is 68.8. The van der Waals surface area contributed by atoms with Crippen LogP contribution in [0.5, 0.6) is 11.5 Å². The summed E-state index contributed by atoms with van der Waals surface area (Å²) in [6.45, 7) is -0.173. The molecule has 25 heavy (non-hydrogen) atoms. The Kier molecular flexibility index (Phi) is 5.16. The van der Waals surface area contributed by atoms with Crippen LogP contribution in [0.15, 0.2) is 42.7 Å². The lowest BCUT2D eigenvalue weighted by Crippen LogP contribution is -2.28. The summed E-state index contributed by atoms with van der Waals surface area (Å²) in [6, 6.07) is 6.19. The first-order valence-electron chi connectivity index (χ1n) is 6.50. The van der Waals surface area contributed by atoms with Crippen LogP contribution in [0, 0.1) is 0 Å². The van der Waals surface area contributed by atoms with E-state index in [0.29, 0.717) is 5.75 Å². The number of alkyl halides is 3. The zero-order valence-corrected chi connectivity index (χ0v) is 13.0. The van der Waals surface area contributed by atoms with E-state index in [-0.39, 0.29) is 12.2 Å². The van der Waals surface area contributed by atoms with Crippen molar-refractivity contribution in [3.63, 3.8) is 0 Å². The zero-order chi connectivity index (χ0) is 18.7. The van der Waals surface area contributed by atoms with Gasteiger partial charge in [-0.2, -0.15) is 21.6 Å². The molecule has 1 aromatic carbocycles. The minimum atomic E-state index is -6.00. The second kappa shape index (κ2) is 6.97. The molecule has 0 atom stereocenters. The molecule has 1 N–H and O–H groups in total. The fraction of sp³-hybridized carbons (Fsp3) is 0.143. The van der Waals surface area contributed by atoms with Crippen molar-refractivity contribution in [1.82, 2.24) is 4.98 Å². The Morgan fingerprint density at radius 1 is 1.24 bits per heavy atom. The number of ether oxygens (including phenoxy) is 1. The van der Waals surface area contributed by atoms with Gasteiger partial charge in [0.15, 0.2) is 5.75 Å². The molecule has 0 radical (unpaired) electrons. The number of carboxylic acid groups (broad SMARTS) is 1. The highest BCUT2D eigenvalue weighted by Gasteiger charge is 2.49. The van der Waals surface area contributed by atoms with Gasteiger partial charge in [0.1, 0.15) is 17.9 Å². The second-order valence-corrected chi connectivity index (χ2v) is 6.13. The van der Waals surface area contributed by atoms with Crippen LogP contribution < -0.4 is 8.92 Å². The molecule has 0 spiro atoms. The molecule has 1 heterocycles. The van der Waals surface area contributed by atoms with Crippen molar-refractivity contribution < 1.29 is 40.4 Å². The van der Waals surface area contributed by atoms with E-state index < -0.39 is 32.9 Å². The van der Waals surface area contributed by atoms with Gasteiger partial charge in [-0.1, -0.05) is 6.07 Å². The molecule has 0 bridgehead atoms. The van der Waals surface area contributed by atoms with Crippen molar-refractivity contribution in [1.29, 1.82) is 0 Å². The molecule has 0 aliphatic carbocycles. The van der Waals surface area contributed by atoms with E-state index in [9.17, 15) is 26.4 Å². The van der Waals surface area contributed by atoms with Crippen LogP contribution in [-0.4, -0.2) is 30.0 Å². The van der Waals surface area contributed by atoms with E-state index in [0.717, 1.165) is 12.1 Å². The Balaban J connectivity index is 2.29. The van der Waals surface area contributed by atoms with Gasteiger partial charge in [0.05, 0.1) is 6.20 Å². The van der Waals surface area contributed by atoms with Gasteiger partial charge < -0.3 is 14.0 Å². The number of pyridine rings is 1. The summed E-state index contributed by atoms with van der Waals surface area (Å²) in [5.41, 5.74) is -6.23. The van der Waals surface area contributed by atoms with Gasteiger partial charge in [0.25, 0.3) is 0 Å². The molecule has 0 fully saturated rings. The SMILES string of the molecule is O=C(O)c1ccc(COc2cccnc2)cc1OS(=O)(=O)C(F)(F)F. The quantitative estimate of drug-likeness (QED) is 0.610. The number of carbonyl (C=O) groups is 1. The van der Waals surface area contributed by atoms with Crippen LogP contribution >= 0.6 is 0 Å². The smallest absolute Gasteiger partial charge is 0.487 e. The molecule has 0 aliphatic heterocycles. The number of nitrogens with zero attached hydrogens (tertiary/aromatic N) is 1. The number of rotatable bonds is 6. The van der Waals surface area contributed by atoms with Crippen LogP contribution in [0.3, 0.4) is 0 Å². The normalized spacial score (nSPS) is 11.8. The summed E-state index contributed by atoms with van der Waals surface area (Å²) in [6.07, 6.45) is 2.89. The number of benzene rings is 1. The first-order chi connectivity index (χ1) is 11.6. The van der Waals surface area contributed by atoms with Crippen LogP contribution in [-0.2, 0) is 16.7 Å². The van der Waals surface area contributed by atoms with Gasteiger partial charge in [0, 0.05) is 6.20 Å². The van der Waals surface area contributed by atoms with Crippen LogP contribution in [0.25, 0.3) is 0 Å². The molecule has 2 aromatic rings. The summed E-state index contributed by atoms with van der Waals surface area (Å²) >= 11 is 0. The Morgan fingerprint density at radius 3 is 2.52 bits per heavy atom. The molecule has 0 amide bonds. The van der Waals surface area contributed by atoms with Gasteiger partial charge in [-0.3, -0.25) is 4.98 Å². The molecular formula is C14H10F3NO6S. The average molecular weight is 377 g/mol. The molecular weight excluding hydrogens is 367 g/mol. The molecule has 0 saturated heterocycles. The van der Waals surface area contributed by atoms with Gasteiger partial charge in [-0.15, -0.1) is 0 Å². The van der Waals surface area contributed by atoms with Gasteiger partial charge in [-0.25, -0.2) is 4.79 Å². The standard InChI is InChI=1S/C14H10F3NO6S/c15-14(16,17)25(21,22)24-12-6-9(3-4-11(12)13(19)20)8-23-10-2-1-5-18-7-10/h1-7H,8H2,(H,19,20). The van der Waals surface area contributed by atoms with Gasteiger partial charge in [0.2, 0.25) is 0 Å². The van der Waals surface area contributed by atoms with E-state index in [2.05, 4.69) is 9.17 Å².